The molecule has 24 aromatic carbocycles. The van der Waals surface area contributed by atoms with Crippen molar-refractivity contribution in [2.45, 2.75) is 0 Å². The van der Waals surface area contributed by atoms with Crippen molar-refractivity contribution in [2.75, 3.05) is 0 Å². The zero-order chi connectivity index (χ0) is 94.3. The minimum Gasteiger partial charge on any atom is -0.292 e. The van der Waals surface area contributed by atoms with E-state index in [0.29, 0.717) is 0 Å². The van der Waals surface area contributed by atoms with E-state index in [1.807, 2.05) is 0 Å². The monoisotopic (exact) mass is 1830 g/mol. The second kappa shape index (κ2) is 32.2. The highest BCUT2D eigenvalue weighted by molar-refractivity contribution is 6.28. The van der Waals surface area contributed by atoms with Crippen LogP contribution in [-0.2, 0) is 0 Å². The lowest BCUT2D eigenvalue weighted by molar-refractivity contribution is 1.27. The molecule has 0 saturated carbocycles. The second-order valence-corrected chi connectivity index (χ2v) is 38.1. The van der Waals surface area contributed by atoms with Crippen LogP contribution in [0.15, 0.2) is 497 Å². The Morgan fingerprint density at radius 2 is 0.465 bits per heavy atom. The summed E-state index contributed by atoms with van der Waals surface area (Å²) in [6.45, 7) is 0. The molecule has 0 saturated heterocycles. The van der Waals surface area contributed by atoms with Crippen molar-refractivity contribution in [3.05, 3.63) is 497 Å². The van der Waals surface area contributed by atoms with E-state index in [9.17, 15) is 0 Å². The Balaban J connectivity index is 0.000000102. The molecule has 0 spiro atoms. The van der Waals surface area contributed by atoms with Gasteiger partial charge in [0.1, 0.15) is 22.6 Å². The van der Waals surface area contributed by atoms with Crippen LogP contribution in [0, 0.1) is 0 Å². The molecule has 0 bridgehead atoms. The van der Waals surface area contributed by atoms with Gasteiger partial charge in [-0.2, -0.15) is 0 Å². The first-order valence-corrected chi connectivity index (χ1v) is 49.4. The fraction of sp³-hybridized carbons (Fsp3) is 0. The van der Waals surface area contributed by atoms with Gasteiger partial charge in [0.05, 0.1) is 66.6 Å². The molecule has 0 aliphatic carbocycles. The van der Waals surface area contributed by atoms with Crippen LogP contribution < -0.4 is 0 Å². The van der Waals surface area contributed by atoms with E-state index in [0.717, 1.165) is 111 Å². The SMILES string of the molecule is c1ccc(-c2ccc(-c3ccc4c5ccc6ccccc6c5c5nc6c7ccccc7ccc6n5c4c3)cc2)cc1.c1ccc(-c2nc3c4c5ccccc5ccc4c4ccc(-c5ccc6c(c5)c5ccccc5n5c7ccccc7nc65)cc4n3c2-c2ccccc2)cc1.c1ccc2c(c1)cc(-c1ccc(-c3ccc4c5ccc6ccccc6c5c5nc6c7ccccc7ccc6n5c4c3)cc1)c1ccccc12. The van der Waals surface area contributed by atoms with E-state index < -0.39 is 0 Å². The maximum absolute atomic E-state index is 5.57. The van der Waals surface area contributed by atoms with Crippen molar-refractivity contribution in [1.82, 2.24) is 37.5 Å². The number of aromatic nitrogens is 8. The second-order valence-electron chi connectivity index (χ2n) is 38.1. The zero-order valence-electron chi connectivity index (χ0n) is 77.9. The van der Waals surface area contributed by atoms with Crippen molar-refractivity contribution in [2.24, 2.45) is 0 Å². The number of pyridine rings is 4. The fourth-order valence-electron chi connectivity index (χ4n) is 23.6. The highest BCUT2D eigenvalue weighted by Gasteiger charge is 2.27. The van der Waals surface area contributed by atoms with Gasteiger partial charge >= 0.3 is 0 Å². The average Bonchev–Trinajstić information content (AvgIpc) is 1.51. The Morgan fingerprint density at radius 1 is 0.139 bits per heavy atom. The Morgan fingerprint density at radius 3 is 0.979 bits per heavy atom. The number of nitrogens with zero attached hydrogens (tertiary/aromatic N) is 8. The van der Waals surface area contributed by atoms with Gasteiger partial charge in [-0.1, -0.05) is 431 Å². The Labute approximate surface area is 825 Å². The molecule has 32 aromatic rings. The minimum atomic E-state index is 0.961. The largest absolute Gasteiger partial charge is 0.292 e. The van der Waals surface area contributed by atoms with Crippen molar-refractivity contribution in [3.8, 4) is 78.1 Å². The third-order valence-electron chi connectivity index (χ3n) is 30.3. The molecule has 0 radical (unpaired) electrons. The van der Waals surface area contributed by atoms with Crippen LogP contribution in [0.3, 0.4) is 0 Å². The van der Waals surface area contributed by atoms with Crippen LogP contribution in [0.4, 0.5) is 0 Å². The smallest absolute Gasteiger partial charge is 0.147 e. The maximum Gasteiger partial charge on any atom is 0.147 e. The van der Waals surface area contributed by atoms with E-state index in [2.05, 4.69) is 515 Å². The topological polar surface area (TPSA) is 69.2 Å². The number of para-hydroxylation sites is 3. The number of hydrogen-bond donors (Lipinski definition) is 0. The molecule has 0 N–H and O–H groups in total. The molecule has 8 heterocycles. The van der Waals surface area contributed by atoms with Crippen LogP contribution in [0.2, 0.25) is 0 Å². The summed E-state index contributed by atoms with van der Waals surface area (Å²) in [6.07, 6.45) is 0. The molecule has 0 aliphatic rings. The van der Waals surface area contributed by atoms with Gasteiger partial charge in [-0.15, -0.1) is 0 Å². The summed E-state index contributed by atoms with van der Waals surface area (Å²) in [5.74, 6) is 0. The molecule has 32 rings (SSSR count). The van der Waals surface area contributed by atoms with E-state index in [-0.39, 0.29) is 0 Å². The number of rotatable bonds is 7. The molecule has 0 fully saturated rings. The number of fused-ring (bicyclic) bond motifs is 43. The van der Waals surface area contributed by atoms with Crippen molar-refractivity contribution in [3.63, 3.8) is 0 Å². The van der Waals surface area contributed by atoms with Crippen LogP contribution >= 0.6 is 0 Å². The predicted octanol–water partition coefficient (Wildman–Crippen LogP) is 36.1. The molecular formula is C136H82N8. The Kier molecular flexibility index (Phi) is 18.0. The Hall–Kier alpha value is -19.3. The van der Waals surface area contributed by atoms with Crippen molar-refractivity contribution >= 4 is 218 Å². The van der Waals surface area contributed by atoms with Gasteiger partial charge in [-0.25, -0.2) is 19.9 Å². The first-order chi connectivity index (χ1) is 71.4. The highest BCUT2D eigenvalue weighted by Crippen LogP contribution is 2.48. The first kappa shape index (κ1) is 80.8. The number of benzene rings is 24. The Bertz CT molecular complexity index is 11100. The number of hydrogen-bond acceptors (Lipinski definition) is 4. The third-order valence-corrected chi connectivity index (χ3v) is 30.3. The lowest BCUT2D eigenvalue weighted by atomic mass is 9.92. The summed E-state index contributed by atoms with van der Waals surface area (Å²) in [6, 6.07) is 180. The van der Waals surface area contributed by atoms with Gasteiger partial charge in [0.15, 0.2) is 0 Å². The minimum absolute atomic E-state index is 0.961. The summed E-state index contributed by atoms with van der Waals surface area (Å²) in [5.41, 5.74) is 31.3. The molecule has 666 valence electrons. The van der Waals surface area contributed by atoms with Crippen LogP contribution in [0.25, 0.3) is 296 Å². The summed E-state index contributed by atoms with van der Waals surface area (Å²) >= 11 is 0. The van der Waals surface area contributed by atoms with Gasteiger partial charge in [0, 0.05) is 65.0 Å². The van der Waals surface area contributed by atoms with E-state index >= 15 is 0 Å². The normalized spacial score (nSPS) is 12.0. The van der Waals surface area contributed by atoms with E-state index in [1.54, 1.807) is 0 Å². The van der Waals surface area contributed by atoms with Crippen LogP contribution in [-0.4, -0.2) is 37.5 Å². The number of imidazole rings is 4. The van der Waals surface area contributed by atoms with Gasteiger partial charge < -0.3 is 0 Å². The molecule has 8 nitrogen and oxygen atoms in total. The summed E-state index contributed by atoms with van der Waals surface area (Å²) in [7, 11) is 0. The van der Waals surface area contributed by atoms with Gasteiger partial charge in [-0.3, -0.25) is 17.6 Å². The summed E-state index contributed by atoms with van der Waals surface area (Å²) in [4.78, 5) is 21.5. The highest BCUT2D eigenvalue weighted by atomic mass is 15.1. The molecule has 0 atom stereocenters. The standard InChI is InChI=1S/C50H30N4.C47H28N2.C39H24N2/c1-3-14-32(15-4-1)47-48(33-16-5-2-6-17-33)54-45-30-35(24-26-38(45)39-27-23-31-13-7-8-18-36(31)46(39)50(54)52-47)34-25-28-40-41(29-34)37-19-9-11-21-43(37)53-44-22-12-10-20-42(44)51-49(40)53;1-5-13-36-30(9-1)21-25-41-40-24-22-33(28-44(40)49-43-26-23-31-10-2-6-14-37(31)46(43)48-47(49)45(36)41)29-17-19-32(20-18-29)42-27-34-11-3-4-12-35(34)38-15-7-8-16-39(38)42;1-2-8-25(9-3-1)26-14-16-27(17-15-26)30-19-21-33-34-22-18-28-10-4-6-12-31(28)37(34)39-40-38-32-13-7-5-11-29(32)20-23-35(38)41(39)36(33)24-30/h1-30H;1-28H;1-24H. The average molecular weight is 1830 g/mol. The third kappa shape index (κ3) is 12.5. The maximum atomic E-state index is 5.57. The van der Waals surface area contributed by atoms with Crippen LogP contribution in [0.5, 0.6) is 0 Å². The first-order valence-electron chi connectivity index (χ1n) is 49.4. The van der Waals surface area contributed by atoms with Crippen molar-refractivity contribution < 1.29 is 0 Å². The molecule has 8 aromatic heterocycles. The molecule has 144 heavy (non-hydrogen) atoms. The quantitative estimate of drug-likeness (QED) is 0.149. The molecule has 8 heteroatoms. The summed E-state index contributed by atoms with van der Waals surface area (Å²) in [5, 5.41) is 31.7. The lowest BCUT2D eigenvalue weighted by Gasteiger charge is -2.15. The van der Waals surface area contributed by atoms with Gasteiger partial charge in [0.25, 0.3) is 0 Å². The molecule has 0 amide bonds. The van der Waals surface area contributed by atoms with Crippen molar-refractivity contribution in [1.29, 1.82) is 0 Å². The molecule has 0 unspecified atom stereocenters. The van der Waals surface area contributed by atoms with Gasteiger partial charge in [-0.05, 0) is 209 Å². The fourth-order valence-corrected chi connectivity index (χ4v) is 23.6. The lowest BCUT2D eigenvalue weighted by Crippen LogP contribution is -1.96. The van der Waals surface area contributed by atoms with Gasteiger partial charge in [0.2, 0.25) is 0 Å². The molecule has 0 aliphatic heterocycles. The summed E-state index contributed by atoms with van der Waals surface area (Å²) < 4.78 is 9.50. The molecular weight excluding hydrogens is 1750 g/mol. The van der Waals surface area contributed by atoms with E-state index in [4.69, 9.17) is 19.9 Å². The predicted molar refractivity (Wildman–Crippen MR) is 607 cm³/mol. The zero-order valence-corrected chi connectivity index (χ0v) is 77.9. The van der Waals surface area contributed by atoms with Crippen LogP contribution in [0.1, 0.15) is 0 Å². The van der Waals surface area contributed by atoms with E-state index in [1.165, 1.54) is 185 Å².